The molecule has 11 aromatic rings. The van der Waals surface area contributed by atoms with Crippen LogP contribution in [0.25, 0.3) is 66.1 Å². The molecule has 0 aromatic heterocycles. The third-order valence-corrected chi connectivity index (χ3v) is 17.6. The fraction of sp³-hybridized carbons (Fsp3) is 0.205. The van der Waals surface area contributed by atoms with Crippen molar-refractivity contribution in [3.05, 3.63) is 275 Å². The number of hydrogen-bond acceptors (Lipinski definition) is 8. The highest BCUT2D eigenvalue weighted by Gasteiger charge is 2.29. The van der Waals surface area contributed by atoms with Crippen LogP contribution in [0.1, 0.15) is 68.9 Å². The largest absolute Gasteiger partial charge is 0.491 e. The van der Waals surface area contributed by atoms with Crippen LogP contribution in [-0.2, 0) is 44.6 Å². The van der Waals surface area contributed by atoms with Crippen molar-refractivity contribution >= 4 is 21.5 Å². The van der Waals surface area contributed by atoms with E-state index in [1.165, 1.54) is 44.5 Å². The van der Waals surface area contributed by atoms with Crippen LogP contribution in [0.4, 0.5) is 0 Å². The maximum absolute atomic E-state index is 6.25. The minimum Gasteiger partial charge on any atom is -0.491 e. The van der Waals surface area contributed by atoms with Crippen molar-refractivity contribution < 1.29 is 37.9 Å². The Morgan fingerprint density at radius 1 is 0.233 bits per heavy atom. The van der Waals surface area contributed by atoms with Crippen molar-refractivity contribution in [2.24, 2.45) is 0 Å². The number of fused-ring (bicyclic) bond motifs is 6. The molecule has 8 heteroatoms. The van der Waals surface area contributed by atoms with E-state index < -0.39 is 0 Å². The van der Waals surface area contributed by atoms with Crippen molar-refractivity contribution in [3.8, 4) is 67.5 Å². The summed E-state index contributed by atoms with van der Waals surface area (Å²) in [5.41, 5.74) is 19.5. The SMILES string of the molecule is c1ccc2c(c1)CC2OCCOc1ccc(-c2cc3cc4cc(-c5ccc(OCCOC6Cc7ccccc76)cc5)c(-c5ccc(OCCOC6Cc7ccccc76)cc5)cc4cc3cc2-c2ccc(OCCOC3Cc4ccccc43)cc2)cc1. The van der Waals surface area contributed by atoms with Crippen LogP contribution in [0.15, 0.2) is 231 Å². The molecule has 8 nitrogen and oxygen atoms in total. The lowest BCUT2D eigenvalue weighted by atomic mass is 9.85. The summed E-state index contributed by atoms with van der Waals surface area (Å²) in [7, 11) is 0. The quantitative estimate of drug-likeness (QED) is 0.0438. The van der Waals surface area contributed by atoms with Gasteiger partial charge in [0.25, 0.3) is 0 Å². The summed E-state index contributed by atoms with van der Waals surface area (Å²) >= 11 is 0. The molecule has 4 aliphatic carbocycles. The summed E-state index contributed by atoms with van der Waals surface area (Å²) in [4.78, 5) is 0. The molecule has 0 saturated carbocycles. The Bertz CT molecular complexity index is 3670. The molecule has 11 aromatic carbocycles. The first-order valence-corrected chi connectivity index (χ1v) is 30.3. The summed E-state index contributed by atoms with van der Waals surface area (Å²) in [6, 6.07) is 81.9. The van der Waals surface area contributed by atoms with Crippen LogP contribution in [0.5, 0.6) is 23.0 Å². The molecule has 426 valence electrons. The summed E-state index contributed by atoms with van der Waals surface area (Å²) in [5, 5.41) is 4.56. The molecule has 4 unspecified atom stereocenters. The number of hydrogen-bond donors (Lipinski definition) is 0. The van der Waals surface area contributed by atoms with E-state index in [1.807, 2.05) is 0 Å². The second-order valence-corrected chi connectivity index (χ2v) is 22.9. The van der Waals surface area contributed by atoms with Gasteiger partial charge in [0.05, 0.1) is 50.8 Å². The Hall–Kier alpha value is -9.02. The molecule has 0 amide bonds. The van der Waals surface area contributed by atoms with E-state index in [2.05, 4.69) is 231 Å². The van der Waals surface area contributed by atoms with Gasteiger partial charge in [-0.15, -0.1) is 0 Å². The van der Waals surface area contributed by atoms with Gasteiger partial charge in [-0.25, -0.2) is 0 Å². The minimum atomic E-state index is 0.143. The molecule has 4 aliphatic rings. The Labute approximate surface area is 502 Å². The second kappa shape index (κ2) is 24.2. The van der Waals surface area contributed by atoms with E-state index in [0.29, 0.717) is 52.9 Å². The van der Waals surface area contributed by atoms with Crippen LogP contribution >= 0.6 is 0 Å². The summed E-state index contributed by atoms with van der Waals surface area (Å²) < 4.78 is 49.8. The highest BCUT2D eigenvalue weighted by atomic mass is 16.5. The third-order valence-electron chi connectivity index (χ3n) is 17.6. The van der Waals surface area contributed by atoms with Gasteiger partial charge in [0.1, 0.15) is 49.4 Å². The number of benzene rings is 11. The molecule has 0 N–H and O–H groups in total. The number of ether oxygens (including phenoxy) is 8. The van der Waals surface area contributed by atoms with Gasteiger partial charge in [-0.1, -0.05) is 146 Å². The molecule has 15 rings (SSSR count). The molecule has 4 atom stereocenters. The van der Waals surface area contributed by atoms with E-state index in [1.54, 1.807) is 0 Å². The smallest absolute Gasteiger partial charge is 0.119 e. The molecule has 0 heterocycles. The molecule has 86 heavy (non-hydrogen) atoms. The van der Waals surface area contributed by atoms with Gasteiger partial charge in [0, 0.05) is 25.7 Å². The van der Waals surface area contributed by atoms with E-state index in [4.69, 9.17) is 37.9 Å². The molecule has 0 fully saturated rings. The van der Waals surface area contributed by atoms with Crippen molar-refractivity contribution in [3.63, 3.8) is 0 Å². The van der Waals surface area contributed by atoms with E-state index in [9.17, 15) is 0 Å². The predicted molar refractivity (Wildman–Crippen MR) is 341 cm³/mol. The van der Waals surface area contributed by atoms with Crippen molar-refractivity contribution in [1.29, 1.82) is 0 Å². The zero-order valence-corrected chi connectivity index (χ0v) is 48.0. The molecule has 0 saturated heterocycles. The average molecular weight is 1130 g/mol. The zero-order chi connectivity index (χ0) is 57.2. The minimum absolute atomic E-state index is 0.143. The Morgan fingerprint density at radius 2 is 0.453 bits per heavy atom. The lowest BCUT2D eigenvalue weighted by Gasteiger charge is -2.29. The molecular formula is C78H66O8. The monoisotopic (exact) mass is 1130 g/mol. The molecule has 0 bridgehead atoms. The van der Waals surface area contributed by atoms with Crippen molar-refractivity contribution in [2.75, 3.05) is 52.9 Å². The first-order valence-electron chi connectivity index (χ1n) is 30.3. The third kappa shape index (κ3) is 11.3. The van der Waals surface area contributed by atoms with Gasteiger partial charge in [-0.2, -0.15) is 0 Å². The maximum Gasteiger partial charge on any atom is 0.119 e. The van der Waals surface area contributed by atoms with Gasteiger partial charge in [0.2, 0.25) is 0 Å². The van der Waals surface area contributed by atoms with E-state index >= 15 is 0 Å². The Balaban J connectivity index is 0.704. The van der Waals surface area contributed by atoms with E-state index in [-0.39, 0.29) is 24.4 Å². The summed E-state index contributed by atoms with van der Waals surface area (Å²) in [6.45, 7) is 3.99. The highest BCUT2D eigenvalue weighted by Crippen LogP contribution is 2.44. The normalized spacial score (nSPS) is 16.7. The molecule has 0 radical (unpaired) electrons. The molecule has 0 aliphatic heterocycles. The number of rotatable bonds is 24. The lowest BCUT2D eigenvalue weighted by molar-refractivity contribution is 0.0194. The van der Waals surface area contributed by atoms with Gasteiger partial charge < -0.3 is 37.9 Å². The van der Waals surface area contributed by atoms with E-state index in [0.717, 1.165) is 115 Å². The van der Waals surface area contributed by atoms with Crippen LogP contribution in [0, 0.1) is 0 Å². The predicted octanol–water partition coefficient (Wildman–Crippen LogP) is 17.4. The van der Waals surface area contributed by atoms with Crippen LogP contribution < -0.4 is 18.9 Å². The first kappa shape index (κ1) is 53.7. The first-order chi connectivity index (χ1) is 42.6. The molecular weight excluding hydrogens is 1060 g/mol. The van der Waals surface area contributed by atoms with Gasteiger partial charge in [-0.05, 0) is 195 Å². The summed E-state index contributed by atoms with van der Waals surface area (Å²) in [6.07, 6.45) is 4.39. The maximum atomic E-state index is 6.25. The van der Waals surface area contributed by atoms with Crippen molar-refractivity contribution in [2.45, 2.75) is 50.1 Å². The molecule has 0 spiro atoms. The Morgan fingerprint density at radius 3 is 0.674 bits per heavy atom. The van der Waals surface area contributed by atoms with Crippen LogP contribution in [-0.4, -0.2) is 52.9 Å². The zero-order valence-electron chi connectivity index (χ0n) is 48.0. The lowest BCUT2D eigenvalue weighted by Crippen LogP contribution is -2.21. The second-order valence-electron chi connectivity index (χ2n) is 22.9. The fourth-order valence-corrected chi connectivity index (χ4v) is 12.8. The van der Waals surface area contributed by atoms with Gasteiger partial charge in [0.15, 0.2) is 0 Å². The van der Waals surface area contributed by atoms with Crippen LogP contribution in [0.2, 0.25) is 0 Å². The van der Waals surface area contributed by atoms with Crippen molar-refractivity contribution in [1.82, 2.24) is 0 Å². The highest BCUT2D eigenvalue weighted by molar-refractivity contribution is 6.06. The van der Waals surface area contributed by atoms with Crippen LogP contribution in [0.3, 0.4) is 0 Å². The standard InChI is InChI=1S/C78H66O8/c1-5-13-67-55(9-1)47-75(67)83-37-33-79-63-25-17-51(18-26-63)71-43-59-41-61-45-73(53-21-29-65(30-22-53)81-35-39-85-77-49-57-11-3-7-15-69(57)77)74(54-23-31-66(32-24-54)82-36-40-86-78-50-58-12-4-8-16-70(58)78)46-62(61)42-60(59)44-72(71)52-19-27-64(28-20-52)80-34-38-84-76-48-56-10-2-6-14-68(56)76/h1-32,41-46,75-78H,33-40,47-50H2. The topological polar surface area (TPSA) is 73.8 Å². The van der Waals surface area contributed by atoms with Gasteiger partial charge >= 0.3 is 0 Å². The summed E-state index contributed by atoms with van der Waals surface area (Å²) in [5.74, 6) is 3.23. The average Bonchev–Trinajstić information content (AvgIpc) is 1.49. The fourth-order valence-electron chi connectivity index (χ4n) is 12.8. The van der Waals surface area contributed by atoms with Gasteiger partial charge in [-0.3, -0.25) is 0 Å². The Kier molecular flexibility index (Phi) is 15.1.